The van der Waals surface area contributed by atoms with Gasteiger partial charge in [-0.15, -0.1) is 0 Å². The van der Waals surface area contributed by atoms with Gasteiger partial charge in [0.05, 0.1) is 49.5 Å². The minimum atomic E-state index is -2.17. The lowest BCUT2D eigenvalue weighted by atomic mass is 9.32. The van der Waals surface area contributed by atoms with Crippen molar-refractivity contribution in [3.05, 3.63) is 11.6 Å². The number of carboxylic acids is 1. The van der Waals surface area contributed by atoms with E-state index >= 15 is 0 Å². The maximum Gasteiger partial charge on any atom is 0.335 e. The summed E-state index contributed by atoms with van der Waals surface area (Å²) in [6, 6.07) is 0. The average molecular weight is 1080 g/mol. The predicted molar refractivity (Wildman–Crippen MR) is 258 cm³/mol. The van der Waals surface area contributed by atoms with Crippen molar-refractivity contribution in [3.63, 3.8) is 0 Å². The van der Waals surface area contributed by atoms with Crippen molar-refractivity contribution < 1.29 is 109 Å². The molecule has 4 saturated carbocycles. The summed E-state index contributed by atoms with van der Waals surface area (Å²) >= 11 is 0. The quantitative estimate of drug-likeness (QED) is 0.0611. The summed E-state index contributed by atoms with van der Waals surface area (Å²) in [6.07, 6.45) is -26.2. The molecule has 8 rings (SSSR count). The number of aliphatic hydroxyl groups is 12. The lowest BCUT2D eigenvalue weighted by Gasteiger charge is -2.73. The van der Waals surface area contributed by atoms with Gasteiger partial charge in [0.1, 0.15) is 73.2 Å². The second-order valence-electron chi connectivity index (χ2n) is 25.5. The van der Waals surface area contributed by atoms with Gasteiger partial charge in [-0.25, -0.2) is 4.79 Å². The molecule has 22 heteroatoms. The fourth-order valence-corrected chi connectivity index (χ4v) is 16.0. The molecule has 0 bridgehead atoms. The fraction of sp³-hybridized carbons (Fsp3) is 0.925. The van der Waals surface area contributed by atoms with Crippen molar-refractivity contribution >= 4 is 11.9 Å². The number of carbonyl (C=O) groups is 2. The van der Waals surface area contributed by atoms with Crippen LogP contribution in [0.4, 0.5) is 0 Å². The van der Waals surface area contributed by atoms with Crippen molar-refractivity contribution in [1.29, 1.82) is 0 Å². The minimum Gasteiger partial charge on any atom is -0.479 e. The number of aliphatic hydroxyl groups excluding tert-OH is 12. The van der Waals surface area contributed by atoms with Crippen LogP contribution in [0.5, 0.6) is 0 Å². The van der Waals surface area contributed by atoms with Crippen molar-refractivity contribution in [3.8, 4) is 0 Å². The molecule has 0 amide bonds. The van der Waals surface area contributed by atoms with Crippen molar-refractivity contribution in [2.75, 3.05) is 19.8 Å². The number of hydrogen-bond donors (Lipinski definition) is 13. The Morgan fingerprint density at radius 3 is 1.77 bits per heavy atom. The first-order valence-electron chi connectivity index (χ1n) is 27.0. The highest BCUT2D eigenvalue weighted by Gasteiger charge is 2.75. The Morgan fingerprint density at radius 1 is 0.667 bits per heavy atom. The second-order valence-corrected chi connectivity index (χ2v) is 25.5. The Hall–Kier alpha value is -2.04. The van der Waals surface area contributed by atoms with E-state index in [1.54, 1.807) is 6.92 Å². The SMILES string of the molecule is CCC(C)C(=O)OC1CC(C)(C)CC2C3=CCC4C5(C)CCC(OC6OC(C(=O)O)C(O)C(OC7OC(CO)C(O)C(O)C7O)C6OC6OC(CO)C(O)C(O)C6O)C(C)(C)C5CCC4(C)C3(C)C(O)C(O)C12CO. The van der Waals surface area contributed by atoms with Gasteiger partial charge in [0, 0.05) is 5.41 Å². The number of ether oxygens (including phenoxy) is 7. The summed E-state index contributed by atoms with van der Waals surface area (Å²) < 4.78 is 42.7. The van der Waals surface area contributed by atoms with Crippen LogP contribution in [0.25, 0.3) is 0 Å². The number of hydrogen-bond acceptors (Lipinski definition) is 21. The van der Waals surface area contributed by atoms with E-state index in [1.165, 1.54) is 0 Å². The highest BCUT2D eigenvalue weighted by Crippen LogP contribution is 2.76. The molecule has 27 atom stereocenters. The lowest BCUT2D eigenvalue weighted by molar-refractivity contribution is -0.396. The summed E-state index contributed by atoms with van der Waals surface area (Å²) in [5.41, 5.74) is -3.58. The smallest absolute Gasteiger partial charge is 0.335 e. The zero-order valence-electron chi connectivity index (χ0n) is 44.6. The molecule has 3 aliphatic heterocycles. The highest BCUT2D eigenvalue weighted by atomic mass is 16.8. The first-order valence-corrected chi connectivity index (χ1v) is 27.0. The van der Waals surface area contributed by atoms with Gasteiger partial charge in [0.2, 0.25) is 0 Å². The van der Waals surface area contributed by atoms with Crippen LogP contribution in [0.3, 0.4) is 0 Å². The maximum atomic E-state index is 13.5. The van der Waals surface area contributed by atoms with Gasteiger partial charge >= 0.3 is 11.9 Å². The first-order chi connectivity index (χ1) is 35.0. The molecule has 3 heterocycles. The molecule has 27 unspecified atom stereocenters. The number of allylic oxidation sites excluding steroid dienone is 1. The number of rotatable bonds is 13. The van der Waals surface area contributed by atoms with E-state index in [9.17, 15) is 76.0 Å². The molecular weight excluding hydrogens is 989 g/mol. The van der Waals surface area contributed by atoms with E-state index in [2.05, 4.69) is 33.8 Å². The molecule has 430 valence electrons. The fourth-order valence-electron chi connectivity index (χ4n) is 16.0. The van der Waals surface area contributed by atoms with E-state index in [1.807, 2.05) is 27.7 Å². The first kappa shape index (κ1) is 59.1. The number of carboxylic acid groups (broad SMARTS) is 1. The molecule has 22 nitrogen and oxygen atoms in total. The van der Waals surface area contributed by atoms with Crippen LogP contribution in [-0.2, 0) is 42.7 Å². The summed E-state index contributed by atoms with van der Waals surface area (Å²) in [4.78, 5) is 26.4. The third-order valence-electron chi connectivity index (χ3n) is 20.8. The van der Waals surface area contributed by atoms with E-state index in [4.69, 9.17) is 33.2 Å². The molecule has 7 fully saturated rings. The van der Waals surface area contributed by atoms with Crippen LogP contribution in [0, 0.1) is 56.2 Å². The van der Waals surface area contributed by atoms with Gasteiger partial charge in [-0.1, -0.05) is 74.0 Å². The third kappa shape index (κ3) is 9.27. The molecule has 0 aromatic carbocycles. The van der Waals surface area contributed by atoms with Crippen LogP contribution in [-0.4, -0.2) is 215 Å². The van der Waals surface area contributed by atoms with Gasteiger partial charge in [-0.05, 0) is 90.8 Å². The largest absolute Gasteiger partial charge is 0.479 e. The monoisotopic (exact) mass is 1070 g/mol. The second kappa shape index (κ2) is 21.1. The van der Waals surface area contributed by atoms with Gasteiger partial charge < -0.3 is 99.5 Å². The van der Waals surface area contributed by atoms with Crippen LogP contribution in [0.2, 0.25) is 0 Å². The van der Waals surface area contributed by atoms with E-state index < -0.39 is 187 Å². The third-order valence-corrected chi connectivity index (χ3v) is 20.8. The number of esters is 1. The molecule has 8 aliphatic rings. The van der Waals surface area contributed by atoms with Crippen molar-refractivity contribution in [2.45, 2.75) is 230 Å². The zero-order chi connectivity index (χ0) is 55.4. The standard InChI is InChI=1S/C53H86O22/c1-10-22(2)44(68)71-30-18-48(3,4)17-24-23-11-12-28-50(7)15-14-29(49(5,6)27(50)13-16-51(28,8)52(23,9)41(64)42(65)53(24,30)21-56)72-47-40(75-46-36(62)34(60)32(58)26(20-55)70-46)38(37(63)39(74-47)43(66)67)73-45-35(61)33(59)31(57)25(19-54)69-45/h11,22,24-42,45-47,54-65H,10,12-21H2,1-9H3,(H,66,67). The van der Waals surface area contributed by atoms with Crippen LogP contribution in [0.15, 0.2) is 11.6 Å². The van der Waals surface area contributed by atoms with Gasteiger partial charge in [-0.2, -0.15) is 0 Å². The predicted octanol–water partition coefficient (Wildman–Crippen LogP) is -0.784. The minimum absolute atomic E-state index is 0.0760. The molecule has 0 spiro atoms. The lowest BCUT2D eigenvalue weighted by Crippen LogP contribution is -2.74. The summed E-state index contributed by atoms with van der Waals surface area (Å²) in [5, 5.41) is 144. The van der Waals surface area contributed by atoms with Crippen LogP contribution >= 0.6 is 0 Å². The molecule has 75 heavy (non-hydrogen) atoms. The number of fused-ring (bicyclic) bond motifs is 7. The summed E-state index contributed by atoms with van der Waals surface area (Å²) in [5.74, 6) is -3.10. The van der Waals surface area contributed by atoms with E-state index in [0.717, 1.165) is 5.57 Å². The number of aliphatic carboxylic acids is 1. The molecule has 0 aromatic heterocycles. The topological polar surface area (TPSA) is 362 Å². The molecule has 13 N–H and O–H groups in total. The Kier molecular flexibility index (Phi) is 16.6. The summed E-state index contributed by atoms with van der Waals surface area (Å²) in [6.45, 7) is 16.2. The molecule has 5 aliphatic carbocycles. The van der Waals surface area contributed by atoms with Crippen molar-refractivity contribution in [2.24, 2.45) is 56.2 Å². The zero-order valence-corrected chi connectivity index (χ0v) is 44.6. The van der Waals surface area contributed by atoms with Gasteiger partial charge in [0.15, 0.2) is 25.0 Å². The van der Waals surface area contributed by atoms with E-state index in [0.29, 0.717) is 51.4 Å². The normalized spacial score (nSPS) is 51.7. The molecule has 0 radical (unpaired) electrons. The van der Waals surface area contributed by atoms with Crippen molar-refractivity contribution in [1.82, 2.24) is 0 Å². The van der Waals surface area contributed by atoms with Crippen LogP contribution < -0.4 is 0 Å². The molecular formula is C53H86O22. The van der Waals surface area contributed by atoms with E-state index in [-0.39, 0.29) is 17.3 Å². The molecule has 0 aromatic rings. The Balaban J connectivity index is 1.12. The summed E-state index contributed by atoms with van der Waals surface area (Å²) in [7, 11) is 0. The number of carbonyl (C=O) groups excluding carboxylic acids is 1. The maximum absolute atomic E-state index is 13.5. The van der Waals surface area contributed by atoms with Gasteiger partial charge in [0.25, 0.3) is 0 Å². The Morgan fingerprint density at radius 2 is 1.24 bits per heavy atom. The van der Waals surface area contributed by atoms with Gasteiger partial charge in [-0.3, -0.25) is 4.79 Å². The Labute approximate surface area is 437 Å². The van der Waals surface area contributed by atoms with Crippen LogP contribution in [0.1, 0.15) is 114 Å². The molecule has 3 saturated heterocycles. The Bertz CT molecular complexity index is 2090. The highest BCUT2D eigenvalue weighted by molar-refractivity contribution is 5.73. The average Bonchev–Trinajstić information content (AvgIpc) is 3.35.